The average molecular weight is 381 g/mol. The summed E-state index contributed by atoms with van der Waals surface area (Å²) < 4.78 is 28.1. The van der Waals surface area contributed by atoms with Crippen LogP contribution in [0, 0.1) is 56.1 Å². The van der Waals surface area contributed by atoms with Gasteiger partial charge in [0.1, 0.15) is 18.9 Å². The van der Waals surface area contributed by atoms with Crippen molar-refractivity contribution in [2.45, 2.75) is 27.6 Å². The minimum atomic E-state index is -0.656. The second-order valence-electron chi connectivity index (χ2n) is 6.96. The normalized spacial score (nSPS) is 9.86. The van der Waals surface area contributed by atoms with Crippen LogP contribution in [0.25, 0.3) is 0 Å². The summed E-state index contributed by atoms with van der Waals surface area (Å²) in [5.74, 6) is 10.4. The molecule has 0 amide bonds. The minimum Gasteiger partial charge on any atom is -0.206 e. The molecule has 141 valence electrons. The van der Waals surface area contributed by atoms with Gasteiger partial charge in [-0.25, -0.2) is 8.78 Å². The van der Waals surface area contributed by atoms with Crippen molar-refractivity contribution in [3.8, 4) is 23.7 Å². The molecule has 3 heteroatoms. The molecule has 29 heavy (non-hydrogen) atoms. The molecule has 0 aliphatic rings. The monoisotopic (exact) mass is 381 g/mol. The summed E-state index contributed by atoms with van der Waals surface area (Å²) in [5.41, 5.74) is 6.52. The Labute approximate surface area is 172 Å². The van der Waals surface area contributed by atoms with Gasteiger partial charge in [0.2, 0.25) is 0 Å². The molecule has 3 aromatic rings. The Morgan fingerprint density at radius 1 is 0.655 bits per heavy atom. The van der Waals surface area contributed by atoms with E-state index in [1.54, 1.807) is 26.2 Å². The second kappa shape index (κ2) is 8.81. The molecule has 0 unspecified atom stereocenters. The van der Waals surface area contributed by atoms with Crippen LogP contribution in [0.15, 0.2) is 48.5 Å². The SMILES string of the molecule is C[B]c1cc(F)c(C#Cc2ccc(C#Cc3cc(C)c(C)c(C)c3)cc2)c(F)c1. The van der Waals surface area contributed by atoms with Crippen molar-refractivity contribution in [3.05, 3.63) is 99.1 Å². The maximum absolute atomic E-state index is 14.0. The predicted molar refractivity (Wildman–Crippen MR) is 117 cm³/mol. The zero-order valence-corrected chi connectivity index (χ0v) is 17.0. The summed E-state index contributed by atoms with van der Waals surface area (Å²) in [7, 11) is 1.64. The van der Waals surface area contributed by atoms with Crippen LogP contribution in [0.1, 0.15) is 38.9 Å². The van der Waals surface area contributed by atoms with E-state index in [2.05, 4.69) is 56.6 Å². The topological polar surface area (TPSA) is 0 Å². The fourth-order valence-electron chi connectivity index (χ4n) is 2.90. The maximum atomic E-state index is 14.0. The van der Waals surface area contributed by atoms with E-state index < -0.39 is 11.6 Å². The van der Waals surface area contributed by atoms with Crippen LogP contribution in [0.2, 0.25) is 6.82 Å². The highest BCUT2D eigenvalue weighted by Crippen LogP contribution is 2.15. The fourth-order valence-corrected chi connectivity index (χ4v) is 2.90. The van der Waals surface area contributed by atoms with Gasteiger partial charge in [0, 0.05) is 16.7 Å². The number of aryl methyl sites for hydroxylation is 2. The van der Waals surface area contributed by atoms with Crippen molar-refractivity contribution in [3.63, 3.8) is 0 Å². The highest BCUT2D eigenvalue weighted by atomic mass is 19.1. The molecule has 1 radical (unpaired) electrons. The van der Waals surface area contributed by atoms with Crippen LogP contribution in [-0.2, 0) is 0 Å². The molecule has 0 nitrogen and oxygen atoms in total. The standard InChI is InChI=1S/C26H20BF2/c1-17-13-22(14-18(2)19(17)3)10-9-20-5-7-21(8-6-20)11-12-24-25(28)15-23(27-4)16-26(24)29/h5-8,13-16H,1-4H3. The number of hydrogen-bond donors (Lipinski definition) is 0. The molecule has 0 aliphatic heterocycles. The first kappa shape index (κ1) is 20.4. The Kier molecular flexibility index (Phi) is 6.21. The largest absolute Gasteiger partial charge is 0.206 e. The Bertz CT molecular complexity index is 1140. The van der Waals surface area contributed by atoms with E-state index in [0.29, 0.717) is 11.0 Å². The first-order valence-electron chi connectivity index (χ1n) is 9.37. The summed E-state index contributed by atoms with van der Waals surface area (Å²) in [6.45, 7) is 8.00. The molecule has 0 spiro atoms. The fraction of sp³-hybridized carbons (Fsp3) is 0.154. The van der Waals surface area contributed by atoms with Crippen LogP contribution >= 0.6 is 0 Å². The van der Waals surface area contributed by atoms with Crippen LogP contribution in [0.5, 0.6) is 0 Å². The number of rotatable bonds is 1. The van der Waals surface area contributed by atoms with Gasteiger partial charge in [-0.1, -0.05) is 36.0 Å². The molecule has 0 aliphatic carbocycles. The molecule has 0 fully saturated rings. The van der Waals surface area contributed by atoms with Gasteiger partial charge in [0.15, 0.2) is 0 Å². The number of hydrogen-bond acceptors (Lipinski definition) is 0. The third-order valence-corrected chi connectivity index (χ3v) is 4.89. The smallest absolute Gasteiger partial charge is 0.148 e. The summed E-state index contributed by atoms with van der Waals surface area (Å²) in [6.07, 6.45) is 0. The van der Waals surface area contributed by atoms with Gasteiger partial charge in [-0.05, 0) is 86.0 Å². The molecule has 3 aromatic carbocycles. The lowest BCUT2D eigenvalue weighted by Crippen LogP contribution is -2.13. The first-order chi connectivity index (χ1) is 13.9. The summed E-state index contributed by atoms with van der Waals surface area (Å²) in [6, 6.07) is 14.0. The van der Waals surface area contributed by atoms with Crippen molar-refractivity contribution < 1.29 is 8.78 Å². The highest BCUT2D eigenvalue weighted by Gasteiger charge is 2.08. The van der Waals surface area contributed by atoms with Gasteiger partial charge in [-0.2, -0.15) is 0 Å². The molecule has 0 saturated carbocycles. The zero-order valence-electron chi connectivity index (χ0n) is 17.0. The molecule has 0 heterocycles. The van der Waals surface area contributed by atoms with Gasteiger partial charge in [-0.3, -0.25) is 0 Å². The van der Waals surface area contributed by atoms with Crippen molar-refractivity contribution >= 4 is 12.7 Å². The lowest BCUT2D eigenvalue weighted by molar-refractivity contribution is 0.579. The van der Waals surface area contributed by atoms with Gasteiger partial charge >= 0.3 is 0 Å². The van der Waals surface area contributed by atoms with Crippen LogP contribution in [-0.4, -0.2) is 7.28 Å². The third kappa shape index (κ3) is 4.95. The predicted octanol–water partition coefficient (Wildman–Crippen LogP) is 5.07. The van der Waals surface area contributed by atoms with Gasteiger partial charge in [0.25, 0.3) is 0 Å². The van der Waals surface area contributed by atoms with Crippen molar-refractivity contribution in [1.82, 2.24) is 0 Å². The van der Waals surface area contributed by atoms with E-state index >= 15 is 0 Å². The van der Waals surface area contributed by atoms with E-state index in [1.165, 1.54) is 28.8 Å². The summed E-state index contributed by atoms with van der Waals surface area (Å²) >= 11 is 0. The molecule has 0 aromatic heterocycles. The van der Waals surface area contributed by atoms with Gasteiger partial charge in [0.05, 0.1) is 5.56 Å². The van der Waals surface area contributed by atoms with Crippen LogP contribution in [0.4, 0.5) is 8.78 Å². The Balaban J connectivity index is 1.80. The van der Waals surface area contributed by atoms with E-state index in [9.17, 15) is 8.78 Å². The highest BCUT2D eigenvalue weighted by molar-refractivity contribution is 6.51. The summed E-state index contributed by atoms with van der Waals surface area (Å²) in [5, 5.41) is 0. The van der Waals surface area contributed by atoms with Crippen molar-refractivity contribution in [2.24, 2.45) is 0 Å². The van der Waals surface area contributed by atoms with Gasteiger partial charge in [-0.15, -0.1) is 0 Å². The maximum Gasteiger partial charge on any atom is 0.148 e. The number of halogens is 2. The Morgan fingerprint density at radius 3 is 1.59 bits per heavy atom. The van der Waals surface area contributed by atoms with Crippen molar-refractivity contribution in [2.75, 3.05) is 0 Å². The zero-order chi connectivity index (χ0) is 21.0. The molecule has 0 N–H and O–H groups in total. The minimum absolute atomic E-state index is 0.218. The van der Waals surface area contributed by atoms with Gasteiger partial charge < -0.3 is 0 Å². The lowest BCUT2D eigenvalue weighted by Gasteiger charge is -2.04. The quantitative estimate of drug-likeness (QED) is 0.408. The molecular formula is C26H20BF2. The van der Waals surface area contributed by atoms with E-state index in [-0.39, 0.29) is 5.56 Å². The third-order valence-electron chi connectivity index (χ3n) is 4.89. The molecular weight excluding hydrogens is 361 g/mol. The van der Waals surface area contributed by atoms with E-state index in [1.807, 2.05) is 12.1 Å². The molecule has 3 rings (SSSR count). The second-order valence-corrected chi connectivity index (χ2v) is 6.96. The van der Waals surface area contributed by atoms with Crippen LogP contribution < -0.4 is 5.46 Å². The lowest BCUT2D eigenvalue weighted by atomic mass is 9.73. The molecule has 0 bridgehead atoms. The average Bonchev–Trinajstić information content (AvgIpc) is 2.70. The first-order valence-corrected chi connectivity index (χ1v) is 9.37. The van der Waals surface area contributed by atoms with Crippen LogP contribution in [0.3, 0.4) is 0 Å². The van der Waals surface area contributed by atoms with Crippen molar-refractivity contribution in [1.29, 1.82) is 0 Å². The molecule has 0 saturated heterocycles. The van der Waals surface area contributed by atoms with E-state index in [0.717, 1.165) is 11.1 Å². The Hall–Kier alpha value is -3.30. The van der Waals surface area contributed by atoms with E-state index in [4.69, 9.17) is 0 Å². The molecule has 0 atom stereocenters. The number of benzene rings is 3. The Morgan fingerprint density at radius 2 is 1.10 bits per heavy atom. The summed E-state index contributed by atoms with van der Waals surface area (Å²) in [4.78, 5) is 0.